The standard InChI is InChI=1S/C18H21ClN2O4S2/c1-2-25-18(22)17(14-5-7-15(19)8-6-14)20-9-11-21(12-10-20)27(23,24)16-4-3-13-26-16/h3-8,13,17H,2,9-12H2,1H3/t17-/m1/s1. The molecule has 6 nitrogen and oxygen atoms in total. The largest absolute Gasteiger partial charge is 0.465 e. The zero-order valence-electron chi connectivity index (χ0n) is 14.9. The van der Waals surface area contributed by atoms with Gasteiger partial charge >= 0.3 is 5.97 Å². The molecule has 0 amide bonds. The Morgan fingerprint density at radius 3 is 2.41 bits per heavy atom. The van der Waals surface area contributed by atoms with Crippen molar-refractivity contribution in [1.82, 2.24) is 9.21 Å². The minimum Gasteiger partial charge on any atom is -0.465 e. The molecule has 0 N–H and O–H groups in total. The summed E-state index contributed by atoms with van der Waals surface area (Å²) >= 11 is 7.17. The Morgan fingerprint density at radius 1 is 1.19 bits per heavy atom. The van der Waals surface area contributed by atoms with Crippen LogP contribution >= 0.6 is 22.9 Å². The van der Waals surface area contributed by atoms with Crippen molar-refractivity contribution >= 4 is 38.9 Å². The van der Waals surface area contributed by atoms with Crippen molar-refractivity contribution in [1.29, 1.82) is 0 Å². The monoisotopic (exact) mass is 428 g/mol. The minimum atomic E-state index is -3.48. The number of hydrogen-bond donors (Lipinski definition) is 0. The molecule has 1 aromatic carbocycles. The van der Waals surface area contributed by atoms with Gasteiger partial charge in [0.15, 0.2) is 0 Å². The first-order valence-corrected chi connectivity index (χ1v) is 11.3. The molecule has 0 radical (unpaired) electrons. The third kappa shape index (κ3) is 4.52. The molecule has 9 heteroatoms. The van der Waals surface area contributed by atoms with Crippen LogP contribution < -0.4 is 0 Å². The first-order chi connectivity index (χ1) is 12.9. The number of piperazine rings is 1. The lowest BCUT2D eigenvalue weighted by atomic mass is 10.0. The van der Waals surface area contributed by atoms with Gasteiger partial charge in [-0.2, -0.15) is 4.31 Å². The highest BCUT2D eigenvalue weighted by Crippen LogP contribution is 2.28. The van der Waals surface area contributed by atoms with Gasteiger partial charge in [0, 0.05) is 31.2 Å². The molecule has 146 valence electrons. The van der Waals surface area contributed by atoms with Crippen molar-refractivity contribution in [2.75, 3.05) is 32.8 Å². The highest BCUT2D eigenvalue weighted by atomic mass is 35.5. The molecule has 1 atom stereocenters. The first-order valence-electron chi connectivity index (χ1n) is 8.63. The Labute approximate surface area is 168 Å². The number of benzene rings is 1. The Bertz CT molecular complexity index is 861. The van der Waals surface area contributed by atoms with Gasteiger partial charge in [0.2, 0.25) is 0 Å². The van der Waals surface area contributed by atoms with Crippen LogP contribution in [0.5, 0.6) is 0 Å². The zero-order valence-corrected chi connectivity index (χ0v) is 17.3. The Balaban J connectivity index is 1.76. The molecule has 1 fully saturated rings. The van der Waals surface area contributed by atoms with E-state index in [1.54, 1.807) is 48.7 Å². The minimum absolute atomic E-state index is 0.287. The Kier molecular flexibility index (Phi) is 6.54. The zero-order chi connectivity index (χ0) is 19.4. The fourth-order valence-corrected chi connectivity index (χ4v) is 5.79. The van der Waals surface area contributed by atoms with Crippen LogP contribution in [-0.2, 0) is 19.6 Å². The van der Waals surface area contributed by atoms with Crippen LogP contribution in [0, 0.1) is 0 Å². The number of ether oxygens (including phenoxy) is 1. The summed E-state index contributed by atoms with van der Waals surface area (Å²) < 4.78 is 32.4. The highest BCUT2D eigenvalue weighted by Gasteiger charge is 2.35. The average Bonchev–Trinajstić information content (AvgIpc) is 3.20. The van der Waals surface area contributed by atoms with Gasteiger partial charge < -0.3 is 4.74 Å². The lowest BCUT2D eigenvalue weighted by Crippen LogP contribution is -2.51. The molecule has 0 unspecified atom stereocenters. The summed E-state index contributed by atoms with van der Waals surface area (Å²) in [4.78, 5) is 14.5. The maximum absolute atomic E-state index is 12.7. The predicted octanol–water partition coefficient (Wildman–Crippen LogP) is 3.01. The van der Waals surface area contributed by atoms with Gasteiger partial charge in [0.1, 0.15) is 10.3 Å². The van der Waals surface area contributed by atoms with Crippen molar-refractivity contribution in [2.45, 2.75) is 17.2 Å². The van der Waals surface area contributed by atoms with Gasteiger partial charge in [-0.1, -0.05) is 29.8 Å². The first kappa shape index (κ1) is 20.3. The van der Waals surface area contributed by atoms with Crippen LogP contribution in [0.1, 0.15) is 18.5 Å². The van der Waals surface area contributed by atoms with E-state index < -0.39 is 16.1 Å². The topological polar surface area (TPSA) is 66.9 Å². The van der Waals surface area contributed by atoms with Crippen molar-refractivity contribution < 1.29 is 17.9 Å². The van der Waals surface area contributed by atoms with Crippen molar-refractivity contribution in [3.8, 4) is 0 Å². The summed E-state index contributed by atoms with van der Waals surface area (Å²) in [6.07, 6.45) is 0. The molecule has 0 spiro atoms. The number of hydrogen-bond acceptors (Lipinski definition) is 6. The number of carbonyl (C=O) groups is 1. The molecular weight excluding hydrogens is 408 g/mol. The maximum Gasteiger partial charge on any atom is 0.328 e. The molecule has 3 rings (SSSR count). The molecule has 0 bridgehead atoms. The average molecular weight is 429 g/mol. The van der Waals surface area contributed by atoms with Gasteiger partial charge in [0.05, 0.1) is 6.61 Å². The van der Waals surface area contributed by atoms with E-state index in [1.807, 2.05) is 4.90 Å². The lowest BCUT2D eigenvalue weighted by molar-refractivity contribution is -0.150. The van der Waals surface area contributed by atoms with Gasteiger partial charge in [-0.05, 0) is 36.1 Å². The van der Waals surface area contributed by atoms with E-state index >= 15 is 0 Å². The van der Waals surface area contributed by atoms with Crippen molar-refractivity contribution in [3.05, 3.63) is 52.4 Å². The molecule has 2 aromatic rings. The molecule has 1 aliphatic heterocycles. The summed E-state index contributed by atoms with van der Waals surface area (Å²) in [5.41, 5.74) is 0.785. The SMILES string of the molecule is CCOC(=O)[C@@H](c1ccc(Cl)cc1)N1CCN(S(=O)(=O)c2cccs2)CC1. The fraction of sp³-hybridized carbons (Fsp3) is 0.389. The lowest BCUT2D eigenvalue weighted by Gasteiger charge is -2.37. The summed E-state index contributed by atoms with van der Waals surface area (Å²) in [7, 11) is -3.48. The number of esters is 1. The van der Waals surface area contributed by atoms with Crippen LogP contribution in [0.2, 0.25) is 5.02 Å². The smallest absolute Gasteiger partial charge is 0.328 e. The number of rotatable bonds is 6. The van der Waals surface area contributed by atoms with E-state index in [-0.39, 0.29) is 12.6 Å². The van der Waals surface area contributed by atoms with E-state index in [1.165, 1.54) is 15.6 Å². The number of nitrogens with zero attached hydrogens (tertiary/aromatic N) is 2. The van der Waals surface area contributed by atoms with Gasteiger partial charge in [0.25, 0.3) is 10.0 Å². The second-order valence-corrected chi connectivity index (χ2v) is 9.63. The Morgan fingerprint density at radius 2 is 1.85 bits per heavy atom. The van der Waals surface area contributed by atoms with Crippen LogP contribution in [0.3, 0.4) is 0 Å². The van der Waals surface area contributed by atoms with Crippen LogP contribution in [0.4, 0.5) is 0 Å². The van der Waals surface area contributed by atoms with Gasteiger partial charge in [-0.15, -0.1) is 11.3 Å². The van der Waals surface area contributed by atoms with E-state index in [0.29, 0.717) is 35.4 Å². The van der Waals surface area contributed by atoms with Crippen molar-refractivity contribution in [2.24, 2.45) is 0 Å². The summed E-state index contributed by atoms with van der Waals surface area (Å²) in [5.74, 6) is -0.339. The second kappa shape index (κ2) is 8.70. The Hall–Kier alpha value is -1.45. The highest BCUT2D eigenvalue weighted by molar-refractivity contribution is 7.91. The van der Waals surface area contributed by atoms with E-state index in [0.717, 1.165) is 5.56 Å². The van der Waals surface area contributed by atoms with Gasteiger partial charge in [-0.3, -0.25) is 4.90 Å². The summed E-state index contributed by atoms with van der Waals surface area (Å²) in [6, 6.07) is 9.85. The van der Waals surface area contributed by atoms with Crippen LogP contribution in [0.25, 0.3) is 0 Å². The third-order valence-corrected chi connectivity index (χ3v) is 7.95. The van der Waals surface area contributed by atoms with Crippen LogP contribution in [0.15, 0.2) is 46.0 Å². The summed E-state index contributed by atoms with van der Waals surface area (Å²) in [6.45, 7) is 3.58. The second-order valence-electron chi connectivity index (χ2n) is 6.08. The van der Waals surface area contributed by atoms with Crippen LogP contribution in [-0.4, -0.2) is 56.4 Å². The number of sulfonamides is 1. The predicted molar refractivity (Wildman–Crippen MR) is 105 cm³/mol. The third-order valence-electron chi connectivity index (χ3n) is 4.42. The molecule has 1 saturated heterocycles. The molecule has 0 saturated carbocycles. The van der Waals surface area contributed by atoms with Crippen molar-refractivity contribution in [3.63, 3.8) is 0 Å². The molecule has 1 aliphatic rings. The number of thiophene rings is 1. The van der Waals surface area contributed by atoms with Gasteiger partial charge in [-0.25, -0.2) is 13.2 Å². The van der Waals surface area contributed by atoms with E-state index in [2.05, 4.69) is 0 Å². The van der Waals surface area contributed by atoms with E-state index in [4.69, 9.17) is 16.3 Å². The normalized spacial score (nSPS) is 17.6. The fourth-order valence-electron chi connectivity index (χ4n) is 3.10. The maximum atomic E-state index is 12.7. The number of carbonyl (C=O) groups excluding carboxylic acids is 1. The van der Waals surface area contributed by atoms with E-state index in [9.17, 15) is 13.2 Å². The molecular formula is C18H21ClN2O4S2. The summed E-state index contributed by atoms with van der Waals surface area (Å²) in [5, 5.41) is 2.34. The number of halogens is 1. The quantitative estimate of drug-likeness (QED) is 0.661. The molecule has 0 aliphatic carbocycles. The molecule has 27 heavy (non-hydrogen) atoms. The molecule has 2 heterocycles. The molecule has 1 aromatic heterocycles.